The van der Waals surface area contributed by atoms with Crippen molar-refractivity contribution in [3.8, 4) is 11.1 Å². The van der Waals surface area contributed by atoms with E-state index in [0.29, 0.717) is 5.92 Å². The van der Waals surface area contributed by atoms with E-state index in [-0.39, 0.29) is 11.8 Å². The third-order valence-electron chi connectivity index (χ3n) is 4.55. The largest absolute Gasteiger partial charge is 0.325 e. The van der Waals surface area contributed by atoms with E-state index in [1.165, 1.54) is 0 Å². The molecule has 0 spiro atoms. The number of aromatic nitrogens is 2. The van der Waals surface area contributed by atoms with Gasteiger partial charge in [-0.15, -0.1) is 0 Å². The zero-order valence-corrected chi connectivity index (χ0v) is 13.5. The fraction of sp³-hybridized carbons (Fsp3) is 0.200. The molecule has 0 aliphatic heterocycles. The summed E-state index contributed by atoms with van der Waals surface area (Å²) in [6, 6.07) is 18.1. The first kappa shape index (κ1) is 14.7. The molecule has 1 fully saturated rings. The van der Waals surface area contributed by atoms with Gasteiger partial charge >= 0.3 is 0 Å². The van der Waals surface area contributed by atoms with Crippen molar-refractivity contribution >= 4 is 11.6 Å². The maximum absolute atomic E-state index is 12.6. The average Bonchev–Trinajstić information content (AvgIpc) is 3.30. The van der Waals surface area contributed by atoms with Gasteiger partial charge in [-0.25, -0.2) is 0 Å². The molecule has 1 aliphatic rings. The van der Waals surface area contributed by atoms with Gasteiger partial charge in [-0.1, -0.05) is 48.5 Å². The number of aryl methyl sites for hydroxylation is 1. The van der Waals surface area contributed by atoms with Gasteiger partial charge in [-0.05, 0) is 29.5 Å². The number of para-hydroxylation sites is 1. The maximum Gasteiger partial charge on any atom is 0.228 e. The Morgan fingerprint density at radius 3 is 2.62 bits per heavy atom. The van der Waals surface area contributed by atoms with Crippen molar-refractivity contribution in [3.63, 3.8) is 0 Å². The average molecular weight is 317 g/mol. The number of benzene rings is 2. The molecule has 1 N–H and O–H groups in total. The summed E-state index contributed by atoms with van der Waals surface area (Å²) < 4.78 is 1.79. The number of hydrogen-bond donors (Lipinski definition) is 1. The summed E-state index contributed by atoms with van der Waals surface area (Å²) in [6.07, 6.45) is 4.75. The van der Waals surface area contributed by atoms with E-state index in [0.717, 1.165) is 28.8 Å². The summed E-state index contributed by atoms with van der Waals surface area (Å²) in [7, 11) is 1.90. The lowest BCUT2D eigenvalue weighted by molar-refractivity contribution is -0.117. The van der Waals surface area contributed by atoms with Crippen molar-refractivity contribution < 1.29 is 4.79 Å². The predicted molar refractivity (Wildman–Crippen MR) is 94.6 cm³/mol. The minimum atomic E-state index is 0.0398. The van der Waals surface area contributed by atoms with E-state index in [9.17, 15) is 4.79 Å². The van der Waals surface area contributed by atoms with Gasteiger partial charge in [0.05, 0.1) is 6.20 Å². The van der Waals surface area contributed by atoms with Crippen molar-refractivity contribution in [3.05, 3.63) is 72.6 Å². The van der Waals surface area contributed by atoms with Crippen LogP contribution in [-0.2, 0) is 11.8 Å². The van der Waals surface area contributed by atoms with Crippen molar-refractivity contribution in [1.82, 2.24) is 9.78 Å². The Morgan fingerprint density at radius 1 is 1.12 bits per heavy atom. The van der Waals surface area contributed by atoms with Gasteiger partial charge < -0.3 is 5.32 Å². The highest BCUT2D eigenvalue weighted by atomic mass is 16.2. The summed E-state index contributed by atoms with van der Waals surface area (Å²) in [5, 5.41) is 7.31. The molecule has 24 heavy (non-hydrogen) atoms. The van der Waals surface area contributed by atoms with Gasteiger partial charge in [-0.3, -0.25) is 9.48 Å². The fourth-order valence-corrected chi connectivity index (χ4v) is 3.17. The molecule has 1 saturated carbocycles. The lowest BCUT2D eigenvalue weighted by Crippen LogP contribution is -2.15. The molecule has 3 aromatic rings. The molecule has 1 aliphatic carbocycles. The zero-order valence-electron chi connectivity index (χ0n) is 13.5. The number of carbonyl (C=O) groups excluding carboxylic acids is 1. The van der Waals surface area contributed by atoms with Crippen LogP contribution in [0.5, 0.6) is 0 Å². The molecule has 0 bridgehead atoms. The smallest absolute Gasteiger partial charge is 0.228 e. The standard InChI is InChI=1S/C20H19N3O/c1-23-13-15(12-21-23)17-11-18(17)20(24)22-19-10-6-5-9-16(19)14-7-3-2-4-8-14/h2-10,12-13,17-18H,11H2,1H3,(H,22,24)/t17-,18-/m1/s1. The van der Waals surface area contributed by atoms with Gasteiger partial charge in [0.25, 0.3) is 0 Å². The molecular weight excluding hydrogens is 298 g/mol. The van der Waals surface area contributed by atoms with E-state index in [1.54, 1.807) is 4.68 Å². The van der Waals surface area contributed by atoms with Gasteiger partial charge in [0.2, 0.25) is 5.91 Å². The van der Waals surface area contributed by atoms with E-state index in [1.807, 2.05) is 61.9 Å². The highest BCUT2D eigenvalue weighted by molar-refractivity contribution is 5.98. The highest BCUT2D eigenvalue weighted by Crippen LogP contribution is 2.48. The van der Waals surface area contributed by atoms with Crippen LogP contribution in [0.15, 0.2) is 67.0 Å². The van der Waals surface area contributed by atoms with Crippen LogP contribution in [0.2, 0.25) is 0 Å². The minimum Gasteiger partial charge on any atom is -0.325 e. The molecule has 120 valence electrons. The second kappa shape index (κ2) is 5.96. The van der Waals surface area contributed by atoms with Gasteiger partial charge in [-0.2, -0.15) is 5.10 Å². The van der Waals surface area contributed by atoms with Crippen LogP contribution in [0.3, 0.4) is 0 Å². The van der Waals surface area contributed by atoms with Gasteiger partial charge in [0.15, 0.2) is 0 Å². The van der Waals surface area contributed by atoms with Crippen LogP contribution in [0.1, 0.15) is 17.9 Å². The van der Waals surface area contributed by atoms with Crippen molar-refractivity contribution in [2.45, 2.75) is 12.3 Å². The van der Waals surface area contributed by atoms with Crippen LogP contribution in [0, 0.1) is 5.92 Å². The Balaban J connectivity index is 1.51. The first-order chi connectivity index (χ1) is 11.7. The van der Waals surface area contributed by atoms with E-state index < -0.39 is 0 Å². The topological polar surface area (TPSA) is 46.9 Å². The predicted octanol–water partition coefficient (Wildman–Crippen LogP) is 3.83. The van der Waals surface area contributed by atoms with Crippen LogP contribution in [0.4, 0.5) is 5.69 Å². The Bertz CT molecular complexity index is 869. The third-order valence-corrected chi connectivity index (χ3v) is 4.55. The number of nitrogens with zero attached hydrogens (tertiary/aromatic N) is 2. The lowest BCUT2D eigenvalue weighted by atomic mass is 10.0. The monoisotopic (exact) mass is 317 g/mol. The van der Waals surface area contributed by atoms with Crippen molar-refractivity contribution in [2.24, 2.45) is 13.0 Å². The number of nitrogens with one attached hydrogen (secondary N) is 1. The molecule has 4 nitrogen and oxygen atoms in total. The molecule has 1 amide bonds. The third kappa shape index (κ3) is 2.83. The molecule has 2 aromatic carbocycles. The SMILES string of the molecule is Cn1cc([C@H]2C[C@H]2C(=O)Nc2ccccc2-c2ccccc2)cn1. The van der Waals surface area contributed by atoms with Gasteiger partial charge in [0.1, 0.15) is 0 Å². The number of hydrogen-bond acceptors (Lipinski definition) is 2. The van der Waals surface area contributed by atoms with Crippen LogP contribution < -0.4 is 5.32 Å². The van der Waals surface area contributed by atoms with E-state index in [4.69, 9.17) is 0 Å². The molecule has 2 atom stereocenters. The zero-order chi connectivity index (χ0) is 16.5. The number of carbonyl (C=O) groups is 1. The Hall–Kier alpha value is -2.88. The molecule has 4 rings (SSSR count). The maximum atomic E-state index is 12.6. The normalized spacial score (nSPS) is 19.0. The number of rotatable bonds is 4. The quantitative estimate of drug-likeness (QED) is 0.795. The second-order valence-corrected chi connectivity index (χ2v) is 6.30. The molecular formula is C20H19N3O. The summed E-state index contributed by atoms with van der Waals surface area (Å²) in [5.74, 6) is 0.424. The Morgan fingerprint density at radius 2 is 1.88 bits per heavy atom. The molecule has 4 heteroatoms. The highest BCUT2D eigenvalue weighted by Gasteiger charge is 2.44. The summed E-state index contributed by atoms with van der Waals surface area (Å²) in [4.78, 5) is 12.6. The Kier molecular flexibility index (Phi) is 3.65. The molecule has 0 radical (unpaired) electrons. The number of amides is 1. The van der Waals surface area contributed by atoms with Crippen molar-refractivity contribution in [1.29, 1.82) is 0 Å². The molecule has 1 heterocycles. The Labute approximate surface area is 141 Å². The second-order valence-electron chi connectivity index (χ2n) is 6.30. The minimum absolute atomic E-state index is 0.0398. The summed E-state index contributed by atoms with van der Waals surface area (Å²) in [6.45, 7) is 0. The lowest BCUT2D eigenvalue weighted by Gasteiger charge is -2.11. The molecule has 0 saturated heterocycles. The first-order valence-corrected chi connectivity index (χ1v) is 8.16. The fourth-order valence-electron chi connectivity index (χ4n) is 3.17. The van der Waals surface area contributed by atoms with Crippen LogP contribution in [0.25, 0.3) is 11.1 Å². The number of anilines is 1. The van der Waals surface area contributed by atoms with Gasteiger partial charge in [0, 0.05) is 30.4 Å². The summed E-state index contributed by atoms with van der Waals surface area (Å²) in [5.41, 5.74) is 4.16. The first-order valence-electron chi connectivity index (χ1n) is 8.16. The van der Waals surface area contributed by atoms with Crippen molar-refractivity contribution in [2.75, 3.05) is 5.32 Å². The van der Waals surface area contributed by atoms with Crippen LogP contribution >= 0.6 is 0 Å². The van der Waals surface area contributed by atoms with E-state index >= 15 is 0 Å². The molecule has 0 unspecified atom stereocenters. The molecule has 1 aromatic heterocycles. The summed E-state index contributed by atoms with van der Waals surface area (Å²) >= 11 is 0. The van der Waals surface area contributed by atoms with E-state index in [2.05, 4.69) is 22.5 Å². The van der Waals surface area contributed by atoms with Crippen LogP contribution in [-0.4, -0.2) is 15.7 Å².